The average molecular weight is 512 g/mol. The molecule has 4 aromatic rings. The zero-order chi connectivity index (χ0) is 27.0. The van der Waals surface area contributed by atoms with Gasteiger partial charge in [-0.05, 0) is 48.1 Å². The first-order valence-corrected chi connectivity index (χ1v) is 12.9. The van der Waals surface area contributed by atoms with Gasteiger partial charge in [0.2, 0.25) is 5.91 Å². The molecule has 0 bridgehead atoms. The highest BCUT2D eigenvalue weighted by Crippen LogP contribution is 2.34. The second kappa shape index (κ2) is 9.89. The van der Waals surface area contributed by atoms with E-state index in [1.807, 2.05) is 46.0 Å². The Kier molecular flexibility index (Phi) is 6.60. The molecule has 38 heavy (non-hydrogen) atoms. The Labute approximate surface area is 222 Å². The van der Waals surface area contributed by atoms with Crippen LogP contribution in [0.5, 0.6) is 0 Å². The van der Waals surface area contributed by atoms with Gasteiger partial charge in [-0.3, -0.25) is 9.59 Å². The first kappa shape index (κ1) is 25.4. The lowest BCUT2D eigenvalue weighted by Crippen LogP contribution is -2.39. The van der Waals surface area contributed by atoms with Crippen LogP contribution in [0.3, 0.4) is 0 Å². The Morgan fingerprint density at radius 2 is 1.87 bits per heavy atom. The van der Waals surface area contributed by atoms with Gasteiger partial charge in [0.1, 0.15) is 17.8 Å². The van der Waals surface area contributed by atoms with Gasteiger partial charge in [0.05, 0.1) is 11.4 Å². The van der Waals surface area contributed by atoms with Crippen molar-refractivity contribution < 1.29 is 9.59 Å². The number of hydrogen-bond acceptors (Lipinski definition) is 6. The Bertz CT molecular complexity index is 1520. The summed E-state index contributed by atoms with van der Waals surface area (Å²) in [6.45, 7) is 9.31. The summed E-state index contributed by atoms with van der Waals surface area (Å²) >= 11 is 0. The number of aromatic nitrogens is 4. The van der Waals surface area contributed by atoms with Crippen molar-refractivity contribution >= 4 is 34.4 Å². The van der Waals surface area contributed by atoms with Gasteiger partial charge in [0.25, 0.3) is 5.91 Å². The van der Waals surface area contributed by atoms with Crippen LogP contribution in [0.25, 0.3) is 22.3 Å². The predicted octanol–water partition coefficient (Wildman–Crippen LogP) is 4.81. The highest BCUT2D eigenvalue weighted by atomic mass is 16.2. The summed E-state index contributed by atoms with van der Waals surface area (Å²) < 4.78 is 1.86. The molecule has 0 radical (unpaired) electrons. The number of piperidine rings is 1. The molecule has 5 rings (SSSR count). The molecule has 3 heterocycles. The monoisotopic (exact) mass is 511 g/mol. The normalized spacial score (nSPS) is 16.0. The topological polar surface area (TPSA) is 119 Å². The minimum atomic E-state index is -0.213. The second-order valence-corrected chi connectivity index (χ2v) is 10.9. The summed E-state index contributed by atoms with van der Waals surface area (Å²) in [5.74, 6) is 0.159. The average Bonchev–Trinajstić information content (AvgIpc) is 3.30. The molecule has 2 amide bonds. The molecule has 196 valence electrons. The van der Waals surface area contributed by atoms with Crippen LogP contribution in [0.2, 0.25) is 0 Å². The fourth-order valence-electron chi connectivity index (χ4n) is 4.97. The molecule has 0 saturated carbocycles. The van der Waals surface area contributed by atoms with Crippen LogP contribution < -0.4 is 11.1 Å². The van der Waals surface area contributed by atoms with Gasteiger partial charge in [0, 0.05) is 36.8 Å². The van der Waals surface area contributed by atoms with E-state index in [0.717, 1.165) is 36.2 Å². The molecule has 0 spiro atoms. The first-order valence-electron chi connectivity index (χ1n) is 12.9. The van der Waals surface area contributed by atoms with E-state index >= 15 is 0 Å². The van der Waals surface area contributed by atoms with Crippen LogP contribution in [-0.4, -0.2) is 49.6 Å². The van der Waals surface area contributed by atoms with E-state index in [9.17, 15) is 9.59 Å². The van der Waals surface area contributed by atoms with Gasteiger partial charge in [-0.25, -0.2) is 14.6 Å². The Morgan fingerprint density at radius 3 is 2.63 bits per heavy atom. The van der Waals surface area contributed by atoms with E-state index in [2.05, 4.69) is 42.1 Å². The fraction of sp³-hybridized carbons (Fsp3) is 0.345. The standard InChI is InChI=1S/C29H33N7O2/c1-18(37)35-13-7-12-23(16-35)36-27-24(26(30)31-17-32-27)25(34-36)19-8-5-9-20(14-19)28(38)33-22-11-6-10-21(15-22)29(2,3)4/h5-6,8-11,14-15,17,23H,7,12-13,16H2,1-4H3,(H,33,38)(H2,30,31,32). The number of benzene rings is 2. The van der Waals surface area contributed by atoms with E-state index in [-0.39, 0.29) is 23.3 Å². The van der Waals surface area contributed by atoms with Gasteiger partial charge in [0.15, 0.2) is 5.65 Å². The first-order chi connectivity index (χ1) is 18.1. The molecule has 1 fully saturated rings. The van der Waals surface area contributed by atoms with Crippen molar-refractivity contribution in [3.63, 3.8) is 0 Å². The van der Waals surface area contributed by atoms with Crippen molar-refractivity contribution in [1.82, 2.24) is 24.6 Å². The van der Waals surface area contributed by atoms with E-state index < -0.39 is 0 Å². The number of nitrogen functional groups attached to an aromatic ring is 1. The Morgan fingerprint density at radius 1 is 1.08 bits per heavy atom. The van der Waals surface area contributed by atoms with Gasteiger partial charge in [-0.2, -0.15) is 5.10 Å². The highest BCUT2D eigenvalue weighted by Gasteiger charge is 2.28. The maximum Gasteiger partial charge on any atom is 0.255 e. The molecule has 1 saturated heterocycles. The number of rotatable bonds is 4. The van der Waals surface area contributed by atoms with Crippen LogP contribution in [-0.2, 0) is 10.2 Å². The largest absolute Gasteiger partial charge is 0.383 e. The van der Waals surface area contributed by atoms with Gasteiger partial charge in [-0.15, -0.1) is 0 Å². The number of nitrogens with two attached hydrogens (primary N) is 1. The molecule has 0 aliphatic carbocycles. The van der Waals surface area contributed by atoms with Crippen LogP contribution >= 0.6 is 0 Å². The molecular formula is C29H33N7O2. The molecule has 2 aromatic carbocycles. The number of anilines is 2. The molecular weight excluding hydrogens is 478 g/mol. The zero-order valence-electron chi connectivity index (χ0n) is 22.2. The van der Waals surface area contributed by atoms with Gasteiger partial charge < -0.3 is 16.0 Å². The lowest BCUT2D eigenvalue weighted by atomic mass is 9.87. The Hall–Kier alpha value is -4.27. The van der Waals surface area contributed by atoms with E-state index in [4.69, 9.17) is 10.8 Å². The number of fused-ring (bicyclic) bond motifs is 1. The number of nitrogens with one attached hydrogen (secondary N) is 1. The van der Waals surface area contributed by atoms with Crippen LogP contribution in [0.4, 0.5) is 11.5 Å². The van der Waals surface area contributed by atoms with Crippen LogP contribution in [0.15, 0.2) is 54.9 Å². The number of carbonyl (C=O) groups excluding carboxylic acids is 2. The summed E-state index contributed by atoms with van der Waals surface area (Å²) in [6, 6.07) is 15.2. The highest BCUT2D eigenvalue weighted by molar-refractivity contribution is 6.06. The summed E-state index contributed by atoms with van der Waals surface area (Å²) in [5, 5.41) is 8.59. The summed E-state index contributed by atoms with van der Waals surface area (Å²) in [6.07, 6.45) is 3.19. The third-order valence-electron chi connectivity index (χ3n) is 7.09. The summed E-state index contributed by atoms with van der Waals surface area (Å²) in [7, 11) is 0. The van der Waals surface area contributed by atoms with Crippen LogP contribution in [0.1, 0.15) is 62.5 Å². The van der Waals surface area contributed by atoms with Crippen LogP contribution in [0, 0.1) is 0 Å². The molecule has 9 heteroatoms. The van der Waals surface area contributed by atoms with Gasteiger partial charge in [-0.1, -0.05) is 45.0 Å². The number of hydrogen-bond donors (Lipinski definition) is 2. The van der Waals surface area contributed by atoms with E-state index in [1.54, 1.807) is 13.0 Å². The minimum absolute atomic E-state index is 0.0255. The van der Waals surface area contributed by atoms with Crippen molar-refractivity contribution in [2.75, 3.05) is 24.1 Å². The number of nitrogens with zero attached hydrogens (tertiary/aromatic N) is 5. The zero-order valence-corrected chi connectivity index (χ0v) is 22.2. The quantitative estimate of drug-likeness (QED) is 0.406. The predicted molar refractivity (Wildman–Crippen MR) is 149 cm³/mol. The smallest absolute Gasteiger partial charge is 0.255 e. The maximum absolute atomic E-state index is 13.2. The van der Waals surface area contributed by atoms with Crippen molar-refractivity contribution in [3.8, 4) is 11.3 Å². The maximum atomic E-state index is 13.2. The number of likely N-dealkylation sites (tertiary alicyclic amines) is 1. The molecule has 9 nitrogen and oxygen atoms in total. The van der Waals surface area contributed by atoms with Crippen molar-refractivity contribution in [2.24, 2.45) is 0 Å². The second-order valence-electron chi connectivity index (χ2n) is 10.9. The van der Waals surface area contributed by atoms with E-state index in [0.29, 0.717) is 34.7 Å². The van der Waals surface area contributed by atoms with Crippen molar-refractivity contribution in [3.05, 3.63) is 66.0 Å². The van der Waals surface area contributed by atoms with E-state index in [1.165, 1.54) is 6.33 Å². The Balaban J connectivity index is 1.49. The molecule has 3 N–H and O–H groups in total. The molecule has 1 aliphatic heterocycles. The molecule has 1 unspecified atom stereocenters. The lowest BCUT2D eigenvalue weighted by molar-refractivity contribution is -0.130. The summed E-state index contributed by atoms with van der Waals surface area (Å²) in [5.41, 5.74) is 10.7. The molecule has 2 aromatic heterocycles. The summed E-state index contributed by atoms with van der Waals surface area (Å²) in [4.78, 5) is 35.8. The fourth-order valence-corrected chi connectivity index (χ4v) is 4.97. The third kappa shape index (κ3) is 4.96. The number of amides is 2. The molecule has 1 aliphatic rings. The molecule has 1 atom stereocenters. The van der Waals surface area contributed by atoms with Crippen molar-refractivity contribution in [2.45, 2.75) is 52.0 Å². The minimum Gasteiger partial charge on any atom is -0.383 e. The number of carbonyl (C=O) groups is 2. The SMILES string of the molecule is CC(=O)N1CCCC(n2nc(-c3cccc(C(=O)Nc4cccc(C(C)(C)C)c4)c3)c3c(N)ncnc32)C1. The lowest BCUT2D eigenvalue weighted by Gasteiger charge is -2.32. The van der Waals surface area contributed by atoms with Gasteiger partial charge >= 0.3 is 0 Å². The van der Waals surface area contributed by atoms with Crippen molar-refractivity contribution in [1.29, 1.82) is 0 Å². The third-order valence-corrected chi connectivity index (χ3v) is 7.09.